The van der Waals surface area contributed by atoms with Crippen LogP contribution in [0.4, 0.5) is 4.79 Å². The van der Waals surface area contributed by atoms with E-state index in [0.29, 0.717) is 11.8 Å². The van der Waals surface area contributed by atoms with Crippen LogP contribution in [0.3, 0.4) is 0 Å². The quantitative estimate of drug-likeness (QED) is 0.913. The number of piperidine rings is 1. The van der Waals surface area contributed by atoms with Crippen molar-refractivity contribution in [3.63, 3.8) is 0 Å². The van der Waals surface area contributed by atoms with Crippen molar-refractivity contribution in [1.29, 1.82) is 0 Å². The van der Waals surface area contributed by atoms with Crippen LogP contribution in [0, 0.1) is 25.7 Å². The lowest BCUT2D eigenvalue weighted by Gasteiger charge is -2.33. The van der Waals surface area contributed by atoms with Gasteiger partial charge in [-0.3, -0.25) is 0 Å². The Hall–Kier alpha value is -1.24. The molecule has 0 aromatic carbocycles. The summed E-state index contributed by atoms with van der Waals surface area (Å²) in [4.78, 5) is 18.7. The average Bonchev–Trinajstić information content (AvgIpc) is 3.15. The molecule has 3 heterocycles. The van der Waals surface area contributed by atoms with Gasteiger partial charge in [-0.15, -0.1) is 0 Å². The molecule has 0 aliphatic carbocycles. The van der Waals surface area contributed by atoms with Gasteiger partial charge < -0.3 is 10.2 Å². The minimum Gasteiger partial charge on any atom is -0.338 e. The van der Waals surface area contributed by atoms with E-state index in [1.54, 1.807) is 0 Å². The number of aromatic nitrogens is 3. The molecule has 1 aromatic rings. The molecule has 7 heteroatoms. The number of nitrogens with zero attached hydrogens (tertiary/aromatic N) is 4. The zero-order valence-corrected chi connectivity index (χ0v) is 14.9. The Morgan fingerprint density at radius 2 is 2.22 bits per heavy atom. The molecule has 0 saturated carbocycles. The third-order valence-electron chi connectivity index (χ3n) is 4.77. The fraction of sp³-hybridized carbons (Fsp3) is 0.812. The molecule has 1 N–H and O–H groups in total. The molecule has 2 amide bonds. The molecule has 23 heavy (non-hydrogen) atoms. The van der Waals surface area contributed by atoms with Crippen LogP contribution in [0.25, 0.3) is 0 Å². The molecule has 2 atom stereocenters. The highest BCUT2D eigenvalue weighted by molar-refractivity contribution is 7.99. The largest absolute Gasteiger partial charge is 0.338 e. The van der Waals surface area contributed by atoms with E-state index in [1.165, 1.54) is 17.9 Å². The van der Waals surface area contributed by atoms with Crippen molar-refractivity contribution in [2.75, 3.05) is 31.1 Å². The first-order chi connectivity index (χ1) is 11.1. The summed E-state index contributed by atoms with van der Waals surface area (Å²) in [5.41, 5.74) is 0. The average molecular weight is 337 g/mol. The second-order valence-corrected chi connectivity index (χ2v) is 7.91. The summed E-state index contributed by atoms with van der Waals surface area (Å²) in [6, 6.07) is 0.109. The topological polar surface area (TPSA) is 63.1 Å². The second-order valence-electron chi connectivity index (χ2n) is 6.76. The fourth-order valence-electron chi connectivity index (χ4n) is 3.47. The highest BCUT2D eigenvalue weighted by atomic mass is 32.2. The van der Waals surface area contributed by atoms with Gasteiger partial charge in [0.1, 0.15) is 11.6 Å². The number of hydrogen-bond acceptors (Lipinski definition) is 4. The minimum atomic E-state index is 0.109. The van der Waals surface area contributed by atoms with Crippen molar-refractivity contribution in [1.82, 2.24) is 25.0 Å². The first kappa shape index (κ1) is 16.6. The fourth-order valence-corrected chi connectivity index (χ4v) is 4.75. The molecule has 128 valence electrons. The third kappa shape index (κ3) is 4.40. The van der Waals surface area contributed by atoms with E-state index in [1.807, 2.05) is 35.2 Å². The summed E-state index contributed by atoms with van der Waals surface area (Å²) >= 11 is 1.99. The number of aryl methyl sites for hydroxylation is 2. The summed E-state index contributed by atoms with van der Waals surface area (Å²) < 4.78 is 1.98. The Morgan fingerprint density at radius 1 is 1.35 bits per heavy atom. The van der Waals surface area contributed by atoms with Crippen LogP contribution in [0.15, 0.2) is 0 Å². The second kappa shape index (κ2) is 7.55. The number of nitrogens with one attached hydrogen (secondary N) is 1. The zero-order valence-electron chi connectivity index (χ0n) is 14.1. The molecule has 3 rings (SSSR count). The van der Waals surface area contributed by atoms with Crippen molar-refractivity contribution >= 4 is 17.8 Å². The van der Waals surface area contributed by atoms with Crippen molar-refractivity contribution < 1.29 is 4.79 Å². The Balaban J connectivity index is 1.49. The van der Waals surface area contributed by atoms with E-state index >= 15 is 0 Å². The lowest BCUT2D eigenvalue weighted by molar-refractivity contribution is 0.156. The van der Waals surface area contributed by atoms with Gasteiger partial charge in [0.05, 0.1) is 0 Å². The van der Waals surface area contributed by atoms with E-state index in [2.05, 4.69) is 15.4 Å². The van der Waals surface area contributed by atoms with Gasteiger partial charge in [0.2, 0.25) is 0 Å². The van der Waals surface area contributed by atoms with Gasteiger partial charge >= 0.3 is 6.03 Å². The Morgan fingerprint density at radius 3 is 2.91 bits per heavy atom. The molecule has 2 aliphatic heterocycles. The molecule has 0 unspecified atom stereocenters. The summed E-state index contributed by atoms with van der Waals surface area (Å²) in [7, 11) is 0. The molecular weight excluding hydrogens is 310 g/mol. The maximum atomic E-state index is 12.4. The smallest absolute Gasteiger partial charge is 0.317 e. The molecule has 2 aliphatic rings. The van der Waals surface area contributed by atoms with Crippen LogP contribution < -0.4 is 5.32 Å². The number of thioether (sulfide) groups is 1. The summed E-state index contributed by atoms with van der Waals surface area (Å²) in [5, 5.41) is 7.58. The van der Waals surface area contributed by atoms with E-state index in [0.717, 1.165) is 50.7 Å². The van der Waals surface area contributed by atoms with E-state index in [-0.39, 0.29) is 6.03 Å². The molecule has 0 bridgehead atoms. The highest BCUT2D eigenvalue weighted by Gasteiger charge is 2.25. The summed E-state index contributed by atoms with van der Waals surface area (Å²) in [6.07, 6.45) is 3.46. The van der Waals surface area contributed by atoms with Crippen LogP contribution in [0.2, 0.25) is 0 Å². The normalized spacial score (nSPS) is 24.9. The van der Waals surface area contributed by atoms with E-state index in [4.69, 9.17) is 0 Å². The van der Waals surface area contributed by atoms with Gasteiger partial charge in [-0.05, 0) is 56.5 Å². The van der Waals surface area contributed by atoms with Crippen LogP contribution in [0.5, 0.6) is 0 Å². The van der Waals surface area contributed by atoms with Crippen LogP contribution in [-0.4, -0.2) is 56.8 Å². The standard InChI is InChI=1S/C16H27N5OS/c1-12-18-13(2)21(19-12)10-15-4-3-6-20(9-15)16(22)17-8-14-5-7-23-11-14/h14-15H,3-11H2,1-2H3,(H,17,22)/t14-,15+/m1/s1. The third-order valence-corrected chi connectivity index (χ3v) is 6.00. The lowest BCUT2D eigenvalue weighted by Crippen LogP contribution is -2.47. The van der Waals surface area contributed by atoms with Crippen LogP contribution in [0.1, 0.15) is 30.9 Å². The van der Waals surface area contributed by atoms with E-state index < -0.39 is 0 Å². The maximum Gasteiger partial charge on any atom is 0.317 e. The maximum absolute atomic E-state index is 12.4. The van der Waals surface area contributed by atoms with Crippen LogP contribution >= 0.6 is 11.8 Å². The summed E-state index contributed by atoms with van der Waals surface area (Å²) in [5.74, 6) is 5.34. The number of carbonyl (C=O) groups excluding carboxylic acids is 1. The van der Waals surface area contributed by atoms with Crippen LogP contribution in [-0.2, 0) is 6.54 Å². The number of likely N-dealkylation sites (tertiary alicyclic amines) is 1. The molecule has 0 radical (unpaired) electrons. The molecule has 6 nitrogen and oxygen atoms in total. The van der Waals surface area contributed by atoms with Crippen molar-refractivity contribution in [3.8, 4) is 0 Å². The molecule has 1 aromatic heterocycles. The molecular formula is C16H27N5OS. The molecule has 2 saturated heterocycles. The zero-order chi connectivity index (χ0) is 16.2. The van der Waals surface area contributed by atoms with Gasteiger partial charge in [0.25, 0.3) is 0 Å². The monoisotopic (exact) mass is 337 g/mol. The van der Waals surface area contributed by atoms with Crippen molar-refractivity contribution in [2.45, 2.75) is 39.7 Å². The van der Waals surface area contributed by atoms with Gasteiger partial charge in [-0.2, -0.15) is 16.9 Å². The first-order valence-electron chi connectivity index (χ1n) is 8.60. The van der Waals surface area contributed by atoms with Gasteiger partial charge in [0.15, 0.2) is 0 Å². The number of urea groups is 1. The van der Waals surface area contributed by atoms with Gasteiger partial charge in [-0.25, -0.2) is 14.5 Å². The minimum absolute atomic E-state index is 0.109. The van der Waals surface area contributed by atoms with Gasteiger partial charge in [-0.1, -0.05) is 0 Å². The van der Waals surface area contributed by atoms with Crippen molar-refractivity contribution in [2.24, 2.45) is 11.8 Å². The van der Waals surface area contributed by atoms with Gasteiger partial charge in [0, 0.05) is 26.2 Å². The highest BCUT2D eigenvalue weighted by Crippen LogP contribution is 2.23. The molecule has 2 fully saturated rings. The Kier molecular flexibility index (Phi) is 5.46. The Labute approximate surface area is 142 Å². The summed E-state index contributed by atoms with van der Waals surface area (Å²) in [6.45, 7) is 7.29. The number of hydrogen-bond donors (Lipinski definition) is 1. The van der Waals surface area contributed by atoms with Crippen molar-refractivity contribution in [3.05, 3.63) is 11.6 Å². The number of amides is 2. The number of carbonyl (C=O) groups is 1. The predicted molar refractivity (Wildman–Crippen MR) is 92.6 cm³/mol. The first-order valence-corrected chi connectivity index (χ1v) is 9.76. The SMILES string of the molecule is Cc1nc(C)n(C[C@H]2CCCN(C(=O)NC[C@H]3CCSC3)C2)n1. The van der Waals surface area contributed by atoms with E-state index in [9.17, 15) is 4.79 Å². The number of rotatable bonds is 4. The lowest BCUT2D eigenvalue weighted by atomic mass is 9.98. The molecule has 0 spiro atoms. The predicted octanol–water partition coefficient (Wildman–Crippen LogP) is 2.07. The Bertz CT molecular complexity index is 541.